The maximum Gasteiger partial charge on any atom is 0.261 e. The van der Waals surface area contributed by atoms with Gasteiger partial charge < -0.3 is 15.2 Å². The summed E-state index contributed by atoms with van der Waals surface area (Å²) in [5.41, 5.74) is 0. The number of nitrogens with one attached hydrogen (secondary N) is 1. The number of benzene rings is 1. The summed E-state index contributed by atoms with van der Waals surface area (Å²) in [6, 6.07) is 9.71. The summed E-state index contributed by atoms with van der Waals surface area (Å²) in [7, 11) is 1.51. The number of hydrogen-bond donors (Lipinski definition) is 2. The molecular weight excluding hydrogens is 250 g/mol. The Morgan fingerprint density at radius 1 is 1.50 bits per heavy atom. The summed E-state index contributed by atoms with van der Waals surface area (Å²) in [4.78, 5) is 12.5. The third-order valence-electron chi connectivity index (χ3n) is 2.51. The second-order valence-electron chi connectivity index (χ2n) is 3.97. The van der Waals surface area contributed by atoms with Crippen LogP contribution < -0.4 is 5.32 Å². The van der Waals surface area contributed by atoms with Gasteiger partial charge in [-0.25, -0.2) is 0 Å². The van der Waals surface area contributed by atoms with E-state index in [4.69, 9.17) is 4.74 Å². The fourth-order valence-corrected chi connectivity index (χ4v) is 2.62. The van der Waals surface area contributed by atoms with Gasteiger partial charge in [-0.1, -0.05) is 18.2 Å². The van der Waals surface area contributed by atoms with Crippen LogP contribution in [0, 0.1) is 0 Å². The number of carbonyl (C=O) groups excluding carboxylic acids is 1. The van der Waals surface area contributed by atoms with Crippen LogP contribution in [0.2, 0.25) is 0 Å². The quantitative estimate of drug-likeness (QED) is 0.864. The Bertz CT molecular complexity index is 505. The van der Waals surface area contributed by atoms with E-state index in [1.54, 1.807) is 0 Å². The first-order valence-corrected chi connectivity index (χ1v) is 6.46. The van der Waals surface area contributed by atoms with Crippen molar-refractivity contribution in [2.75, 3.05) is 20.3 Å². The highest BCUT2D eigenvalue weighted by molar-refractivity contribution is 7.20. The largest absolute Gasteiger partial charge is 0.389 e. The lowest BCUT2D eigenvalue weighted by molar-refractivity contribution is 0.0611. The molecule has 2 rings (SSSR count). The highest BCUT2D eigenvalue weighted by Gasteiger charge is 2.11. The molecule has 0 saturated carbocycles. The number of carbonyl (C=O) groups is 1. The Balaban J connectivity index is 2.00. The number of aliphatic hydroxyl groups is 1. The van der Waals surface area contributed by atoms with Gasteiger partial charge >= 0.3 is 0 Å². The molecular formula is C13H15NO3S. The molecule has 0 aliphatic rings. The minimum atomic E-state index is -0.673. The number of rotatable bonds is 5. The topological polar surface area (TPSA) is 58.6 Å². The van der Waals surface area contributed by atoms with Crippen LogP contribution >= 0.6 is 11.3 Å². The maximum absolute atomic E-state index is 11.9. The van der Waals surface area contributed by atoms with Gasteiger partial charge in [-0.3, -0.25) is 4.79 Å². The Morgan fingerprint density at radius 2 is 2.28 bits per heavy atom. The van der Waals surface area contributed by atoms with Crippen LogP contribution in [0.15, 0.2) is 30.3 Å². The first kappa shape index (κ1) is 13.0. The summed E-state index contributed by atoms with van der Waals surface area (Å²) in [6.07, 6.45) is -0.673. The highest BCUT2D eigenvalue weighted by atomic mass is 32.1. The van der Waals surface area contributed by atoms with Crippen molar-refractivity contribution >= 4 is 27.3 Å². The predicted molar refractivity (Wildman–Crippen MR) is 72.0 cm³/mol. The van der Waals surface area contributed by atoms with E-state index in [1.165, 1.54) is 18.4 Å². The first-order valence-electron chi connectivity index (χ1n) is 5.64. The lowest BCUT2D eigenvalue weighted by atomic mass is 10.2. The average molecular weight is 265 g/mol. The molecule has 1 aromatic carbocycles. The molecule has 1 aromatic heterocycles. The molecule has 0 aliphatic heterocycles. The van der Waals surface area contributed by atoms with E-state index in [-0.39, 0.29) is 19.1 Å². The smallest absolute Gasteiger partial charge is 0.261 e. The van der Waals surface area contributed by atoms with Crippen LogP contribution in [0.5, 0.6) is 0 Å². The number of amides is 1. The standard InChI is InChI=1S/C13H15NO3S/c1-17-8-10(15)7-14-13(16)12-6-9-4-2-3-5-11(9)18-12/h2-6,10,15H,7-8H2,1H3,(H,14,16). The molecule has 5 heteroatoms. The molecule has 1 heterocycles. The van der Waals surface area contributed by atoms with Crippen molar-refractivity contribution in [3.05, 3.63) is 35.2 Å². The Kier molecular flexibility index (Phi) is 4.30. The van der Waals surface area contributed by atoms with Crippen molar-refractivity contribution in [1.29, 1.82) is 0 Å². The van der Waals surface area contributed by atoms with Crippen LogP contribution in [0.4, 0.5) is 0 Å². The van der Waals surface area contributed by atoms with E-state index in [0.29, 0.717) is 4.88 Å². The van der Waals surface area contributed by atoms with Gasteiger partial charge in [-0.05, 0) is 17.5 Å². The van der Waals surface area contributed by atoms with Crippen molar-refractivity contribution < 1.29 is 14.6 Å². The van der Waals surface area contributed by atoms with Gasteiger partial charge in [-0.2, -0.15) is 0 Å². The molecule has 1 unspecified atom stereocenters. The van der Waals surface area contributed by atoms with Gasteiger partial charge in [0.25, 0.3) is 5.91 Å². The van der Waals surface area contributed by atoms with Gasteiger partial charge in [0.1, 0.15) is 0 Å². The van der Waals surface area contributed by atoms with E-state index >= 15 is 0 Å². The van der Waals surface area contributed by atoms with Crippen molar-refractivity contribution in [2.24, 2.45) is 0 Å². The van der Waals surface area contributed by atoms with Crippen LogP contribution in [-0.2, 0) is 4.74 Å². The Hall–Kier alpha value is -1.43. The van der Waals surface area contributed by atoms with Crippen LogP contribution in [-0.4, -0.2) is 37.4 Å². The molecule has 0 spiro atoms. The molecule has 1 atom stereocenters. The Labute approximate surface area is 109 Å². The molecule has 1 amide bonds. The summed E-state index contributed by atoms with van der Waals surface area (Å²) in [5.74, 6) is -0.161. The minimum Gasteiger partial charge on any atom is -0.389 e. The minimum absolute atomic E-state index is 0.161. The number of hydrogen-bond acceptors (Lipinski definition) is 4. The second-order valence-corrected chi connectivity index (χ2v) is 5.05. The molecule has 0 fully saturated rings. The average Bonchev–Trinajstić information content (AvgIpc) is 2.80. The first-order chi connectivity index (χ1) is 8.70. The molecule has 0 aliphatic carbocycles. The molecule has 0 saturated heterocycles. The second kappa shape index (κ2) is 5.95. The highest BCUT2D eigenvalue weighted by Crippen LogP contribution is 2.24. The van der Waals surface area contributed by atoms with E-state index in [9.17, 15) is 9.90 Å². The number of ether oxygens (including phenoxy) is 1. The van der Waals surface area contributed by atoms with E-state index in [1.807, 2.05) is 30.3 Å². The zero-order valence-electron chi connectivity index (χ0n) is 10.1. The summed E-state index contributed by atoms with van der Waals surface area (Å²) < 4.78 is 5.87. The van der Waals surface area contributed by atoms with Crippen LogP contribution in [0.1, 0.15) is 9.67 Å². The molecule has 0 radical (unpaired) electrons. The number of methoxy groups -OCH3 is 1. The van der Waals surface area contributed by atoms with Gasteiger partial charge in [-0.15, -0.1) is 11.3 Å². The van der Waals surface area contributed by atoms with Crippen LogP contribution in [0.25, 0.3) is 10.1 Å². The van der Waals surface area contributed by atoms with Crippen molar-refractivity contribution in [3.63, 3.8) is 0 Å². The third-order valence-corrected chi connectivity index (χ3v) is 3.62. The molecule has 0 bridgehead atoms. The van der Waals surface area contributed by atoms with Crippen molar-refractivity contribution in [3.8, 4) is 0 Å². The fraction of sp³-hybridized carbons (Fsp3) is 0.308. The molecule has 18 heavy (non-hydrogen) atoms. The predicted octanol–water partition coefficient (Wildman–Crippen LogP) is 1.64. The summed E-state index contributed by atoms with van der Waals surface area (Å²) in [5, 5.41) is 13.2. The molecule has 2 aromatic rings. The van der Waals surface area contributed by atoms with Gasteiger partial charge in [0.05, 0.1) is 17.6 Å². The summed E-state index contributed by atoms with van der Waals surface area (Å²) >= 11 is 1.45. The number of thiophene rings is 1. The van der Waals surface area contributed by atoms with Gasteiger partial charge in [0.15, 0.2) is 0 Å². The maximum atomic E-state index is 11.9. The van der Waals surface area contributed by atoms with E-state index in [2.05, 4.69) is 5.32 Å². The molecule has 4 nitrogen and oxygen atoms in total. The lowest BCUT2D eigenvalue weighted by Gasteiger charge is -2.09. The molecule has 2 N–H and O–H groups in total. The van der Waals surface area contributed by atoms with Crippen LogP contribution in [0.3, 0.4) is 0 Å². The van der Waals surface area contributed by atoms with Gasteiger partial charge in [0.2, 0.25) is 0 Å². The van der Waals surface area contributed by atoms with E-state index < -0.39 is 6.10 Å². The number of aliphatic hydroxyl groups excluding tert-OH is 1. The van der Waals surface area contributed by atoms with Gasteiger partial charge in [0, 0.05) is 18.4 Å². The zero-order chi connectivity index (χ0) is 13.0. The molecule has 96 valence electrons. The zero-order valence-corrected chi connectivity index (χ0v) is 10.9. The Morgan fingerprint density at radius 3 is 3.00 bits per heavy atom. The fourth-order valence-electron chi connectivity index (χ4n) is 1.64. The normalized spacial score (nSPS) is 12.6. The number of fused-ring (bicyclic) bond motifs is 1. The lowest BCUT2D eigenvalue weighted by Crippen LogP contribution is -2.33. The summed E-state index contributed by atoms with van der Waals surface area (Å²) in [6.45, 7) is 0.410. The SMILES string of the molecule is COCC(O)CNC(=O)c1cc2ccccc2s1. The van der Waals surface area contributed by atoms with Crippen molar-refractivity contribution in [1.82, 2.24) is 5.32 Å². The third kappa shape index (κ3) is 3.07. The monoisotopic (exact) mass is 265 g/mol. The van der Waals surface area contributed by atoms with E-state index in [0.717, 1.165) is 10.1 Å². The van der Waals surface area contributed by atoms with Crippen molar-refractivity contribution in [2.45, 2.75) is 6.10 Å².